The van der Waals surface area contributed by atoms with Crippen LogP contribution in [0.4, 0.5) is 5.82 Å². The first-order chi connectivity index (χ1) is 8.22. The topological polar surface area (TPSA) is 75.6 Å². The second-order valence-electron chi connectivity index (χ2n) is 4.73. The van der Waals surface area contributed by atoms with Crippen LogP contribution in [0.15, 0.2) is 0 Å². The fourth-order valence-electron chi connectivity index (χ4n) is 2.48. The van der Waals surface area contributed by atoms with E-state index in [-0.39, 0.29) is 0 Å². The second-order valence-corrected chi connectivity index (χ2v) is 4.73. The molecule has 1 aliphatic rings. The van der Waals surface area contributed by atoms with Crippen molar-refractivity contribution in [1.82, 2.24) is 9.97 Å². The smallest absolute Gasteiger partial charge is 0.145 e. The number of hydrogen-bond acceptors (Lipinski definition) is 4. The third kappa shape index (κ3) is 2.55. The zero-order valence-electron chi connectivity index (χ0n) is 10.2. The molecule has 0 unspecified atom stereocenters. The Balaban J connectivity index is 2.30. The normalized spacial score (nSPS) is 17.4. The van der Waals surface area contributed by atoms with E-state index < -0.39 is 0 Å². The predicted molar refractivity (Wildman–Crippen MR) is 66.3 cm³/mol. The van der Waals surface area contributed by atoms with Crippen molar-refractivity contribution in [2.24, 2.45) is 0 Å². The number of hydrogen-bond donors (Lipinski definition) is 1. The molecule has 1 aromatic rings. The number of nitrogen functional groups attached to an aromatic ring is 1. The van der Waals surface area contributed by atoms with Crippen molar-refractivity contribution < 1.29 is 0 Å². The van der Waals surface area contributed by atoms with Crippen molar-refractivity contribution in [3.05, 3.63) is 17.1 Å². The molecule has 4 nitrogen and oxygen atoms in total. The molecule has 1 heterocycles. The van der Waals surface area contributed by atoms with E-state index in [1.165, 1.54) is 25.7 Å². The number of nitrogens with zero attached hydrogens (tertiary/aromatic N) is 3. The number of aryl methyl sites for hydroxylation is 1. The van der Waals surface area contributed by atoms with Gasteiger partial charge in [0.15, 0.2) is 0 Å². The maximum absolute atomic E-state index is 8.94. The maximum Gasteiger partial charge on any atom is 0.145 e. The number of anilines is 1. The summed E-state index contributed by atoms with van der Waals surface area (Å²) in [6.45, 7) is 1.83. The van der Waals surface area contributed by atoms with E-state index >= 15 is 0 Å². The minimum Gasteiger partial charge on any atom is -0.382 e. The van der Waals surface area contributed by atoms with Crippen molar-refractivity contribution in [3.8, 4) is 6.07 Å². The third-order valence-electron chi connectivity index (χ3n) is 3.47. The van der Waals surface area contributed by atoms with Gasteiger partial charge in [-0.3, -0.25) is 0 Å². The fraction of sp³-hybridized carbons (Fsp3) is 0.615. The summed E-state index contributed by atoms with van der Waals surface area (Å²) in [5.41, 5.74) is 6.93. The first-order valence-electron chi connectivity index (χ1n) is 6.26. The summed E-state index contributed by atoms with van der Waals surface area (Å²) >= 11 is 0. The van der Waals surface area contributed by atoms with Gasteiger partial charge in [-0.05, 0) is 19.8 Å². The van der Waals surface area contributed by atoms with Crippen LogP contribution in [0.5, 0.6) is 0 Å². The molecule has 17 heavy (non-hydrogen) atoms. The van der Waals surface area contributed by atoms with E-state index in [2.05, 4.69) is 16.0 Å². The van der Waals surface area contributed by atoms with Gasteiger partial charge in [0.05, 0.1) is 5.69 Å². The van der Waals surface area contributed by atoms with Crippen molar-refractivity contribution in [3.63, 3.8) is 0 Å². The Hall–Kier alpha value is -1.63. The van der Waals surface area contributed by atoms with Crippen LogP contribution in [-0.2, 0) is 0 Å². The Labute approximate surface area is 102 Å². The molecule has 4 heteroatoms. The van der Waals surface area contributed by atoms with Crippen molar-refractivity contribution in [1.29, 1.82) is 5.26 Å². The average molecular weight is 230 g/mol. The van der Waals surface area contributed by atoms with Crippen LogP contribution in [0.3, 0.4) is 0 Å². The van der Waals surface area contributed by atoms with Gasteiger partial charge in [0.25, 0.3) is 0 Å². The molecule has 0 amide bonds. The summed E-state index contributed by atoms with van der Waals surface area (Å²) in [6.07, 6.45) is 7.39. The predicted octanol–water partition coefficient (Wildman–Crippen LogP) is 2.68. The highest BCUT2D eigenvalue weighted by Gasteiger charge is 2.19. The zero-order valence-corrected chi connectivity index (χ0v) is 10.2. The minimum atomic E-state index is 0.333. The van der Waals surface area contributed by atoms with Crippen molar-refractivity contribution in [2.45, 2.75) is 51.4 Å². The van der Waals surface area contributed by atoms with Crippen LogP contribution in [-0.4, -0.2) is 9.97 Å². The molecule has 2 rings (SSSR count). The van der Waals surface area contributed by atoms with E-state index in [0.29, 0.717) is 23.0 Å². The summed E-state index contributed by atoms with van der Waals surface area (Å²) in [6, 6.07) is 2.06. The van der Waals surface area contributed by atoms with Gasteiger partial charge in [0.2, 0.25) is 0 Å². The Morgan fingerprint density at radius 2 is 1.82 bits per heavy atom. The molecular weight excluding hydrogens is 212 g/mol. The highest BCUT2D eigenvalue weighted by Crippen LogP contribution is 2.30. The van der Waals surface area contributed by atoms with E-state index in [1.807, 2.05) is 6.92 Å². The van der Waals surface area contributed by atoms with E-state index in [0.717, 1.165) is 18.7 Å². The standard InChI is InChI=1S/C13H18N4/c1-9-11(8-14)12(15)17-13(16-9)10-6-4-2-3-5-7-10/h10H,2-7H2,1H3,(H2,15,16,17). The minimum absolute atomic E-state index is 0.333. The Kier molecular flexibility index (Phi) is 3.58. The van der Waals surface area contributed by atoms with Gasteiger partial charge >= 0.3 is 0 Å². The SMILES string of the molecule is Cc1nc(C2CCCCCC2)nc(N)c1C#N. The summed E-state index contributed by atoms with van der Waals surface area (Å²) in [4.78, 5) is 8.77. The van der Waals surface area contributed by atoms with Crippen LogP contribution >= 0.6 is 0 Å². The van der Waals surface area contributed by atoms with Crippen LogP contribution < -0.4 is 5.73 Å². The molecule has 0 bridgehead atoms. The number of nitrogens with two attached hydrogens (primary N) is 1. The molecule has 0 aliphatic heterocycles. The molecule has 1 aromatic heterocycles. The van der Waals surface area contributed by atoms with Crippen molar-refractivity contribution >= 4 is 5.82 Å². The first kappa shape index (κ1) is 11.8. The van der Waals surface area contributed by atoms with E-state index in [4.69, 9.17) is 11.0 Å². The van der Waals surface area contributed by atoms with Gasteiger partial charge in [-0.25, -0.2) is 9.97 Å². The van der Waals surface area contributed by atoms with Gasteiger partial charge in [-0.1, -0.05) is 25.7 Å². The molecule has 0 atom stereocenters. The quantitative estimate of drug-likeness (QED) is 0.752. The summed E-state index contributed by atoms with van der Waals surface area (Å²) < 4.78 is 0. The van der Waals surface area contributed by atoms with Gasteiger partial charge < -0.3 is 5.73 Å². The van der Waals surface area contributed by atoms with Gasteiger partial charge in [-0.15, -0.1) is 0 Å². The fourth-order valence-corrected chi connectivity index (χ4v) is 2.48. The third-order valence-corrected chi connectivity index (χ3v) is 3.47. The first-order valence-corrected chi connectivity index (χ1v) is 6.26. The summed E-state index contributed by atoms with van der Waals surface area (Å²) in [5, 5.41) is 8.94. The highest BCUT2D eigenvalue weighted by atomic mass is 15.0. The molecule has 0 aromatic carbocycles. The largest absolute Gasteiger partial charge is 0.382 e. The molecule has 1 fully saturated rings. The number of rotatable bonds is 1. The molecular formula is C13H18N4. The van der Waals surface area contributed by atoms with Gasteiger partial charge in [0, 0.05) is 5.92 Å². The maximum atomic E-state index is 8.94. The molecule has 0 radical (unpaired) electrons. The molecule has 1 saturated carbocycles. The van der Waals surface area contributed by atoms with Gasteiger partial charge in [0.1, 0.15) is 23.3 Å². The summed E-state index contributed by atoms with van der Waals surface area (Å²) in [7, 11) is 0. The van der Waals surface area contributed by atoms with E-state index in [9.17, 15) is 0 Å². The van der Waals surface area contributed by atoms with Crippen LogP contribution in [0, 0.1) is 18.3 Å². The lowest BCUT2D eigenvalue weighted by Gasteiger charge is -2.14. The monoisotopic (exact) mass is 230 g/mol. The van der Waals surface area contributed by atoms with Crippen LogP contribution in [0.2, 0.25) is 0 Å². The number of aromatic nitrogens is 2. The molecule has 2 N–H and O–H groups in total. The van der Waals surface area contributed by atoms with Crippen molar-refractivity contribution in [2.75, 3.05) is 5.73 Å². The lowest BCUT2D eigenvalue weighted by Crippen LogP contribution is -2.09. The van der Waals surface area contributed by atoms with Crippen LogP contribution in [0.25, 0.3) is 0 Å². The van der Waals surface area contributed by atoms with Crippen LogP contribution in [0.1, 0.15) is 61.5 Å². The molecule has 0 saturated heterocycles. The van der Waals surface area contributed by atoms with Gasteiger partial charge in [-0.2, -0.15) is 5.26 Å². The average Bonchev–Trinajstić information content (AvgIpc) is 2.57. The second kappa shape index (κ2) is 5.13. The Morgan fingerprint density at radius 1 is 1.18 bits per heavy atom. The highest BCUT2D eigenvalue weighted by molar-refractivity contribution is 5.50. The summed E-state index contributed by atoms with van der Waals surface area (Å²) in [5.74, 6) is 1.59. The van der Waals surface area contributed by atoms with E-state index in [1.54, 1.807) is 0 Å². The Bertz CT molecular complexity index is 416. The Morgan fingerprint density at radius 3 is 2.35 bits per heavy atom. The lowest BCUT2D eigenvalue weighted by molar-refractivity contribution is 0.559. The molecule has 0 spiro atoms. The zero-order chi connectivity index (χ0) is 12.3. The number of nitriles is 1. The molecule has 90 valence electrons. The lowest BCUT2D eigenvalue weighted by atomic mass is 9.99. The molecule has 1 aliphatic carbocycles.